The molecule has 1 N–H and O–H groups in total. The lowest BCUT2D eigenvalue weighted by molar-refractivity contribution is -0.134. The van der Waals surface area contributed by atoms with Gasteiger partial charge in [0.15, 0.2) is 5.60 Å². The van der Waals surface area contributed by atoms with Gasteiger partial charge in [0.25, 0.3) is 5.91 Å². The number of carbonyl (C=O) groups is 1. The van der Waals surface area contributed by atoms with Crippen molar-refractivity contribution in [2.45, 2.75) is 32.3 Å². The average Bonchev–Trinajstić information content (AvgIpc) is 2.54. The summed E-state index contributed by atoms with van der Waals surface area (Å²) in [6, 6.07) is 6.86. The maximum Gasteiger partial charge on any atom is 0.263 e. The van der Waals surface area contributed by atoms with Crippen molar-refractivity contribution in [2.75, 3.05) is 25.9 Å². The Labute approximate surface area is 154 Å². The molecular formula is C17H25ClN2O4S. The Bertz CT molecular complexity index is 696. The first-order valence-electron chi connectivity index (χ1n) is 8.26. The first-order chi connectivity index (χ1) is 11.6. The lowest BCUT2D eigenvalue weighted by Gasteiger charge is -2.31. The van der Waals surface area contributed by atoms with E-state index in [2.05, 4.69) is 5.32 Å². The molecule has 1 fully saturated rings. The highest BCUT2D eigenvalue weighted by Crippen LogP contribution is 2.22. The van der Waals surface area contributed by atoms with Gasteiger partial charge in [-0.05, 0) is 56.9 Å². The Morgan fingerprint density at radius 2 is 1.84 bits per heavy atom. The van der Waals surface area contributed by atoms with Crippen LogP contribution in [0.15, 0.2) is 24.3 Å². The number of nitrogens with one attached hydrogen (secondary N) is 1. The second-order valence-electron chi connectivity index (χ2n) is 6.88. The van der Waals surface area contributed by atoms with Gasteiger partial charge in [0.05, 0.1) is 6.26 Å². The monoisotopic (exact) mass is 388 g/mol. The van der Waals surface area contributed by atoms with Crippen LogP contribution < -0.4 is 10.1 Å². The molecule has 0 aliphatic carbocycles. The molecule has 0 spiro atoms. The average molecular weight is 389 g/mol. The molecule has 1 aromatic carbocycles. The number of carbonyl (C=O) groups excluding carboxylic acids is 1. The molecule has 2 rings (SSSR count). The van der Waals surface area contributed by atoms with Crippen LogP contribution in [0.4, 0.5) is 0 Å². The number of rotatable bonds is 6. The van der Waals surface area contributed by atoms with Gasteiger partial charge in [0.1, 0.15) is 5.75 Å². The zero-order valence-electron chi connectivity index (χ0n) is 14.8. The Kier molecular flexibility index (Phi) is 6.35. The first-order valence-corrected chi connectivity index (χ1v) is 10.5. The second-order valence-corrected chi connectivity index (χ2v) is 9.30. The first kappa shape index (κ1) is 20.0. The van der Waals surface area contributed by atoms with E-state index < -0.39 is 15.6 Å². The Hall–Kier alpha value is -1.31. The fourth-order valence-electron chi connectivity index (χ4n) is 2.74. The van der Waals surface area contributed by atoms with Crippen LogP contribution >= 0.6 is 11.6 Å². The minimum Gasteiger partial charge on any atom is -0.478 e. The fourth-order valence-corrected chi connectivity index (χ4v) is 3.74. The third-order valence-corrected chi connectivity index (χ3v) is 5.88. The predicted octanol–water partition coefficient (Wildman–Crippen LogP) is 2.29. The number of benzene rings is 1. The van der Waals surface area contributed by atoms with Gasteiger partial charge in [-0.2, -0.15) is 0 Å². The van der Waals surface area contributed by atoms with Gasteiger partial charge in [-0.25, -0.2) is 12.7 Å². The van der Waals surface area contributed by atoms with Crippen molar-refractivity contribution < 1.29 is 17.9 Å². The number of nitrogens with zero attached hydrogens (tertiary/aromatic N) is 1. The van der Waals surface area contributed by atoms with Crippen molar-refractivity contribution in [3.63, 3.8) is 0 Å². The zero-order valence-corrected chi connectivity index (χ0v) is 16.4. The summed E-state index contributed by atoms with van der Waals surface area (Å²) >= 11 is 5.84. The van der Waals surface area contributed by atoms with Crippen LogP contribution in [-0.2, 0) is 14.8 Å². The van der Waals surface area contributed by atoms with Gasteiger partial charge in [-0.1, -0.05) is 11.6 Å². The Balaban J connectivity index is 1.82. The van der Waals surface area contributed by atoms with E-state index in [1.165, 1.54) is 10.6 Å². The van der Waals surface area contributed by atoms with Crippen molar-refractivity contribution in [1.29, 1.82) is 0 Å². The third-order valence-electron chi connectivity index (χ3n) is 4.33. The van der Waals surface area contributed by atoms with Gasteiger partial charge in [-0.15, -0.1) is 0 Å². The number of hydrogen-bond donors (Lipinski definition) is 1. The molecule has 1 heterocycles. The molecule has 1 saturated heterocycles. The largest absolute Gasteiger partial charge is 0.478 e. The highest BCUT2D eigenvalue weighted by atomic mass is 35.5. The SMILES string of the molecule is CC(C)(Oc1ccc(Cl)cc1)C(=O)NCC1CCN(S(C)(=O)=O)CC1. The van der Waals surface area contributed by atoms with Gasteiger partial charge < -0.3 is 10.1 Å². The van der Waals surface area contributed by atoms with Crippen LogP contribution in [0, 0.1) is 5.92 Å². The van der Waals surface area contributed by atoms with Crippen molar-refractivity contribution in [3.05, 3.63) is 29.3 Å². The van der Waals surface area contributed by atoms with Crippen LogP contribution in [0.25, 0.3) is 0 Å². The van der Waals surface area contributed by atoms with Gasteiger partial charge >= 0.3 is 0 Å². The minimum atomic E-state index is -3.12. The molecular weight excluding hydrogens is 364 g/mol. The van der Waals surface area contributed by atoms with Crippen LogP contribution in [0.2, 0.25) is 5.02 Å². The van der Waals surface area contributed by atoms with E-state index in [9.17, 15) is 13.2 Å². The summed E-state index contributed by atoms with van der Waals surface area (Å²) in [7, 11) is -3.12. The number of piperidine rings is 1. The summed E-state index contributed by atoms with van der Waals surface area (Å²) in [5.74, 6) is 0.646. The topological polar surface area (TPSA) is 75.7 Å². The van der Waals surface area contributed by atoms with E-state index in [0.717, 1.165) is 12.8 Å². The normalized spacial score (nSPS) is 17.3. The quantitative estimate of drug-likeness (QED) is 0.811. The highest BCUT2D eigenvalue weighted by Gasteiger charge is 2.31. The van der Waals surface area contributed by atoms with Crippen LogP contribution in [-0.4, -0.2) is 50.1 Å². The van der Waals surface area contributed by atoms with E-state index >= 15 is 0 Å². The lowest BCUT2D eigenvalue weighted by Crippen LogP contribution is -2.49. The second kappa shape index (κ2) is 7.93. The van der Waals surface area contributed by atoms with Crippen molar-refractivity contribution >= 4 is 27.5 Å². The van der Waals surface area contributed by atoms with Gasteiger partial charge in [-0.3, -0.25) is 4.79 Å². The maximum absolute atomic E-state index is 12.4. The summed E-state index contributed by atoms with van der Waals surface area (Å²) in [5, 5.41) is 3.53. The van der Waals surface area contributed by atoms with Crippen LogP contribution in [0.1, 0.15) is 26.7 Å². The Morgan fingerprint density at radius 1 is 1.28 bits per heavy atom. The molecule has 0 unspecified atom stereocenters. The molecule has 1 aromatic rings. The van der Waals surface area contributed by atoms with Crippen molar-refractivity contribution in [1.82, 2.24) is 9.62 Å². The molecule has 140 valence electrons. The molecule has 1 amide bonds. The number of hydrogen-bond acceptors (Lipinski definition) is 4. The van der Waals surface area contributed by atoms with E-state index in [-0.39, 0.29) is 11.8 Å². The van der Waals surface area contributed by atoms with Crippen molar-refractivity contribution in [2.24, 2.45) is 5.92 Å². The molecule has 6 nitrogen and oxygen atoms in total. The molecule has 0 aromatic heterocycles. The number of halogens is 1. The minimum absolute atomic E-state index is 0.201. The van der Waals surface area contributed by atoms with E-state index in [4.69, 9.17) is 16.3 Å². The Morgan fingerprint density at radius 3 is 2.36 bits per heavy atom. The van der Waals surface area contributed by atoms with Gasteiger partial charge in [0, 0.05) is 24.7 Å². The van der Waals surface area contributed by atoms with E-state index in [0.29, 0.717) is 30.4 Å². The standard InChI is InChI=1S/C17H25ClN2O4S/c1-17(2,24-15-6-4-14(18)5-7-15)16(21)19-12-13-8-10-20(11-9-13)25(3,22)23/h4-7,13H,8-12H2,1-3H3,(H,19,21). The molecule has 1 aliphatic rings. The molecule has 0 atom stereocenters. The van der Waals surface area contributed by atoms with Crippen LogP contribution in [0.3, 0.4) is 0 Å². The lowest BCUT2D eigenvalue weighted by atomic mass is 9.97. The van der Waals surface area contributed by atoms with Crippen LogP contribution in [0.5, 0.6) is 5.75 Å². The summed E-state index contributed by atoms with van der Waals surface area (Å²) in [4.78, 5) is 12.4. The molecule has 0 saturated carbocycles. The van der Waals surface area contributed by atoms with Gasteiger partial charge in [0.2, 0.25) is 10.0 Å². The molecule has 25 heavy (non-hydrogen) atoms. The molecule has 0 radical (unpaired) electrons. The smallest absolute Gasteiger partial charge is 0.263 e. The summed E-state index contributed by atoms with van der Waals surface area (Å²) in [6.45, 7) is 4.95. The number of sulfonamides is 1. The maximum atomic E-state index is 12.4. The predicted molar refractivity (Wildman–Crippen MR) is 98.3 cm³/mol. The van der Waals surface area contributed by atoms with Crippen molar-refractivity contribution in [3.8, 4) is 5.75 Å². The number of amides is 1. The zero-order chi connectivity index (χ0) is 18.7. The highest BCUT2D eigenvalue weighted by molar-refractivity contribution is 7.88. The fraction of sp³-hybridized carbons (Fsp3) is 0.588. The van der Waals surface area contributed by atoms with E-state index in [1.807, 2.05) is 0 Å². The number of ether oxygens (including phenoxy) is 1. The molecule has 0 bridgehead atoms. The summed E-state index contributed by atoms with van der Waals surface area (Å²) in [6.07, 6.45) is 2.71. The summed E-state index contributed by atoms with van der Waals surface area (Å²) < 4.78 is 30.3. The molecule has 1 aliphatic heterocycles. The summed E-state index contributed by atoms with van der Waals surface area (Å²) in [5.41, 5.74) is -1.01. The third kappa shape index (κ3) is 5.87. The molecule has 8 heteroatoms. The van der Waals surface area contributed by atoms with E-state index in [1.54, 1.807) is 38.1 Å².